The van der Waals surface area contributed by atoms with E-state index in [0.29, 0.717) is 17.4 Å². The van der Waals surface area contributed by atoms with E-state index in [0.717, 1.165) is 33.4 Å². The van der Waals surface area contributed by atoms with Gasteiger partial charge in [-0.3, -0.25) is 4.79 Å². The van der Waals surface area contributed by atoms with E-state index in [1.54, 1.807) is 32.6 Å². The maximum atomic E-state index is 11.7. The highest BCUT2D eigenvalue weighted by atomic mass is 16.5. The molecule has 0 spiro atoms. The maximum Gasteiger partial charge on any atom is 0.247 e. The summed E-state index contributed by atoms with van der Waals surface area (Å²) in [5, 5.41) is 6.65. The van der Waals surface area contributed by atoms with Gasteiger partial charge in [0, 0.05) is 53.9 Å². The number of aromatic amines is 1. The molecule has 0 aliphatic carbocycles. The van der Waals surface area contributed by atoms with Crippen molar-refractivity contribution in [1.82, 2.24) is 19.9 Å². The molecule has 3 heterocycles. The summed E-state index contributed by atoms with van der Waals surface area (Å²) >= 11 is 0. The molecule has 0 fully saturated rings. The van der Waals surface area contributed by atoms with Gasteiger partial charge in [-0.15, -0.1) is 0 Å². The summed E-state index contributed by atoms with van der Waals surface area (Å²) in [4.78, 5) is 28.1. The van der Waals surface area contributed by atoms with Crippen LogP contribution in [0.25, 0.3) is 33.4 Å². The number of nitrogens with one attached hydrogen (secondary N) is 3. The molecule has 8 heteroatoms. The number of pyridine rings is 1. The van der Waals surface area contributed by atoms with E-state index in [2.05, 4.69) is 37.1 Å². The second-order valence-corrected chi connectivity index (χ2v) is 6.48. The highest BCUT2D eigenvalue weighted by Crippen LogP contribution is 2.33. The molecule has 3 N–H and O–H groups in total. The number of methoxy groups -OCH3 is 1. The average molecular weight is 400 g/mol. The second kappa shape index (κ2) is 8.04. The lowest BCUT2D eigenvalue weighted by atomic mass is 10.0. The van der Waals surface area contributed by atoms with E-state index < -0.39 is 0 Å². The van der Waals surface area contributed by atoms with Crippen LogP contribution in [-0.4, -0.2) is 40.0 Å². The first-order chi connectivity index (χ1) is 14.6. The first kappa shape index (κ1) is 19.1. The van der Waals surface area contributed by atoms with Gasteiger partial charge in [0.15, 0.2) is 0 Å². The summed E-state index contributed by atoms with van der Waals surface area (Å²) in [6, 6.07) is 9.39. The van der Waals surface area contributed by atoms with Crippen molar-refractivity contribution < 1.29 is 9.53 Å². The number of amides is 1. The molecule has 0 saturated carbocycles. The van der Waals surface area contributed by atoms with Crippen molar-refractivity contribution in [3.05, 3.63) is 61.6 Å². The molecule has 1 amide bonds. The largest absolute Gasteiger partial charge is 0.497 e. The summed E-state index contributed by atoms with van der Waals surface area (Å²) in [6.45, 7) is 3.49. The van der Waals surface area contributed by atoms with Gasteiger partial charge in [-0.1, -0.05) is 6.58 Å². The van der Waals surface area contributed by atoms with E-state index in [4.69, 9.17) is 4.74 Å². The van der Waals surface area contributed by atoms with Crippen LogP contribution in [0.3, 0.4) is 0 Å². The standard InChI is InChI=1S/C22H20N6O2/c1-4-20(29)27-15-7-13(8-16(10-15)30-3)14-9-17-18(12-26-21(17)25-11-14)19-5-6-24-22(23-2)28-19/h4-12H,1H2,2-3H3,(H,25,26)(H,27,29)(H,23,24,28). The van der Waals surface area contributed by atoms with Crippen molar-refractivity contribution in [2.45, 2.75) is 0 Å². The lowest BCUT2D eigenvalue weighted by Gasteiger charge is -2.10. The number of anilines is 2. The van der Waals surface area contributed by atoms with Crippen LogP contribution in [0.1, 0.15) is 0 Å². The van der Waals surface area contributed by atoms with Gasteiger partial charge in [-0.25, -0.2) is 15.0 Å². The minimum Gasteiger partial charge on any atom is -0.497 e. The van der Waals surface area contributed by atoms with E-state index in [1.807, 2.05) is 30.5 Å². The van der Waals surface area contributed by atoms with E-state index in [-0.39, 0.29) is 5.91 Å². The van der Waals surface area contributed by atoms with Crippen LogP contribution in [-0.2, 0) is 4.79 Å². The topological polar surface area (TPSA) is 105 Å². The van der Waals surface area contributed by atoms with Crippen LogP contribution >= 0.6 is 0 Å². The lowest BCUT2D eigenvalue weighted by molar-refractivity contribution is -0.111. The summed E-state index contributed by atoms with van der Waals surface area (Å²) in [7, 11) is 3.36. The predicted octanol–water partition coefficient (Wildman–Crippen LogP) is 3.86. The third kappa shape index (κ3) is 3.70. The first-order valence-electron chi connectivity index (χ1n) is 9.22. The van der Waals surface area contributed by atoms with Crippen LogP contribution in [0.5, 0.6) is 5.75 Å². The number of carbonyl (C=O) groups is 1. The molecule has 0 bridgehead atoms. The average Bonchev–Trinajstić information content (AvgIpc) is 3.22. The molecule has 3 aromatic heterocycles. The Morgan fingerprint density at radius 3 is 2.83 bits per heavy atom. The molecule has 8 nitrogen and oxygen atoms in total. The number of H-pyrrole nitrogens is 1. The number of hydrogen-bond acceptors (Lipinski definition) is 6. The van der Waals surface area contributed by atoms with Gasteiger partial charge in [0.05, 0.1) is 12.8 Å². The summed E-state index contributed by atoms with van der Waals surface area (Å²) < 4.78 is 5.40. The van der Waals surface area contributed by atoms with Crippen LogP contribution < -0.4 is 15.4 Å². The smallest absolute Gasteiger partial charge is 0.247 e. The number of hydrogen-bond donors (Lipinski definition) is 3. The summed E-state index contributed by atoms with van der Waals surface area (Å²) in [6.07, 6.45) is 6.58. The lowest BCUT2D eigenvalue weighted by Crippen LogP contribution is -2.07. The van der Waals surface area contributed by atoms with Crippen molar-refractivity contribution >= 4 is 28.6 Å². The zero-order valence-electron chi connectivity index (χ0n) is 16.6. The van der Waals surface area contributed by atoms with E-state index >= 15 is 0 Å². The number of rotatable bonds is 6. The number of fused-ring (bicyclic) bond motifs is 1. The van der Waals surface area contributed by atoms with Crippen molar-refractivity contribution in [2.24, 2.45) is 0 Å². The molecule has 0 radical (unpaired) electrons. The van der Waals surface area contributed by atoms with Crippen molar-refractivity contribution in [3.8, 4) is 28.1 Å². The molecule has 0 atom stereocenters. The zero-order valence-corrected chi connectivity index (χ0v) is 16.6. The Morgan fingerprint density at radius 1 is 1.20 bits per heavy atom. The molecule has 150 valence electrons. The van der Waals surface area contributed by atoms with Gasteiger partial charge < -0.3 is 20.4 Å². The van der Waals surface area contributed by atoms with Gasteiger partial charge in [-0.2, -0.15) is 0 Å². The number of ether oxygens (including phenoxy) is 1. The fraction of sp³-hybridized carbons (Fsp3) is 0.0909. The third-order valence-electron chi connectivity index (χ3n) is 4.61. The first-order valence-corrected chi connectivity index (χ1v) is 9.22. The van der Waals surface area contributed by atoms with Gasteiger partial charge in [-0.05, 0) is 35.9 Å². The third-order valence-corrected chi connectivity index (χ3v) is 4.61. The van der Waals surface area contributed by atoms with Crippen molar-refractivity contribution in [3.63, 3.8) is 0 Å². The van der Waals surface area contributed by atoms with Crippen LogP contribution in [0.2, 0.25) is 0 Å². The fourth-order valence-electron chi connectivity index (χ4n) is 3.15. The molecule has 4 aromatic rings. The van der Waals surface area contributed by atoms with E-state index in [1.165, 1.54) is 6.08 Å². The number of carbonyl (C=O) groups excluding carboxylic acids is 1. The van der Waals surface area contributed by atoms with Gasteiger partial charge in [0.25, 0.3) is 0 Å². The van der Waals surface area contributed by atoms with Crippen LogP contribution in [0.4, 0.5) is 11.6 Å². The Kier molecular flexibility index (Phi) is 5.13. The Hall–Kier alpha value is -4.20. The molecule has 0 unspecified atom stereocenters. The van der Waals surface area contributed by atoms with Crippen LogP contribution in [0.15, 0.2) is 61.6 Å². The highest BCUT2D eigenvalue weighted by molar-refractivity contribution is 6.00. The Bertz CT molecular complexity index is 1250. The SMILES string of the molecule is C=CC(=O)Nc1cc(OC)cc(-c2cnc3[nH]cc(-c4ccnc(NC)n4)c3c2)c1. The summed E-state index contributed by atoms with van der Waals surface area (Å²) in [5.74, 6) is 0.872. The molecular formula is C22H20N6O2. The summed E-state index contributed by atoms with van der Waals surface area (Å²) in [5.41, 5.74) is 4.79. The van der Waals surface area contributed by atoms with Crippen molar-refractivity contribution in [1.29, 1.82) is 0 Å². The second-order valence-electron chi connectivity index (χ2n) is 6.48. The zero-order chi connectivity index (χ0) is 21.1. The molecule has 0 aliphatic rings. The quantitative estimate of drug-likeness (QED) is 0.425. The van der Waals surface area contributed by atoms with Gasteiger partial charge in [0.2, 0.25) is 11.9 Å². The number of aromatic nitrogens is 4. The Labute approximate surface area is 173 Å². The number of benzene rings is 1. The normalized spacial score (nSPS) is 10.6. The maximum absolute atomic E-state index is 11.7. The van der Waals surface area contributed by atoms with Gasteiger partial charge >= 0.3 is 0 Å². The molecule has 30 heavy (non-hydrogen) atoms. The minimum absolute atomic E-state index is 0.292. The number of nitrogens with zero attached hydrogens (tertiary/aromatic N) is 3. The predicted molar refractivity (Wildman–Crippen MR) is 117 cm³/mol. The fourth-order valence-corrected chi connectivity index (χ4v) is 3.15. The molecule has 4 rings (SSSR count). The van der Waals surface area contributed by atoms with Crippen molar-refractivity contribution in [2.75, 3.05) is 24.8 Å². The Balaban J connectivity index is 1.81. The highest BCUT2D eigenvalue weighted by Gasteiger charge is 2.12. The Morgan fingerprint density at radius 2 is 2.07 bits per heavy atom. The molecule has 0 saturated heterocycles. The van der Waals surface area contributed by atoms with Crippen LogP contribution in [0, 0.1) is 0 Å². The molecular weight excluding hydrogens is 380 g/mol. The molecule has 1 aromatic carbocycles. The van der Waals surface area contributed by atoms with Gasteiger partial charge in [0.1, 0.15) is 11.4 Å². The molecule has 0 aliphatic heterocycles. The minimum atomic E-state index is -0.292. The monoisotopic (exact) mass is 400 g/mol. The van der Waals surface area contributed by atoms with E-state index in [9.17, 15) is 4.79 Å².